The van der Waals surface area contributed by atoms with Crippen LogP contribution in [0.3, 0.4) is 0 Å². The van der Waals surface area contributed by atoms with E-state index in [4.69, 9.17) is 0 Å². The summed E-state index contributed by atoms with van der Waals surface area (Å²) in [6.45, 7) is 9.22. The number of carbonyl (C=O) groups excluding carboxylic acids is 1. The summed E-state index contributed by atoms with van der Waals surface area (Å²) in [5, 5.41) is 6.90. The SMILES string of the molecule is CC1CCNCC1NC(=O)C12CC3CC(C)(CC(C)(C3)C1)C2.Cl. The third-order valence-corrected chi connectivity index (χ3v) is 7.25. The van der Waals surface area contributed by atoms with Crippen LogP contribution in [0.2, 0.25) is 0 Å². The van der Waals surface area contributed by atoms with Crippen LogP contribution < -0.4 is 10.6 Å². The van der Waals surface area contributed by atoms with Gasteiger partial charge in [-0.1, -0.05) is 20.8 Å². The summed E-state index contributed by atoms with van der Waals surface area (Å²) in [5.74, 6) is 1.78. The molecule has 132 valence electrons. The minimum absolute atomic E-state index is 0. The highest BCUT2D eigenvalue weighted by atomic mass is 35.5. The third kappa shape index (κ3) is 2.93. The maximum absolute atomic E-state index is 13.3. The van der Waals surface area contributed by atoms with Crippen LogP contribution in [0.4, 0.5) is 0 Å². The molecule has 4 bridgehead atoms. The van der Waals surface area contributed by atoms with Crippen LogP contribution in [0.15, 0.2) is 0 Å². The molecule has 0 radical (unpaired) electrons. The van der Waals surface area contributed by atoms with Crippen molar-refractivity contribution in [3.63, 3.8) is 0 Å². The van der Waals surface area contributed by atoms with E-state index in [0.717, 1.165) is 38.3 Å². The number of hydrogen-bond acceptors (Lipinski definition) is 2. The molecule has 5 fully saturated rings. The van der Waals surface area contributed by atoms with Crippen molar-refractivity contribution < 1.29 is 4.79 Å². The van der Waals surface area contributed by atoms with Gasteiger partial charge in [0, 0.05) is 12.6 Å². The number of carbonyl (C=O) groups is 1. The smallest absolute Gasteiger partial charge is 0.226 e. The van der Waals surface area contributed by atoms with Gasteiger partial charge in [0.15, 0.2) is 0 Å². The van der Waals surface area contributed by atoms with E-state index in [-0.39, 0.29) is 17.8 Å². The number of nitrogens with one attached hydrogen (secondary N) is 2. The van der Waals surface area contributed by atoms with Crippen LogP contribution in [-0.4, -0.2) is 25.0 Å². The van der Waals surface area contributed by atoms with Gasteiger partial charge < -0.3 is 10.6 Å². The Morgan fingerprint density at radius 3 is 2.30 bits per heavy atom. The van der Waals surface area contributed by atoms with Crippen molar-refractivity contribution in [2.24, 2.45) is 28.1 Å². The molecule has 1 aliphatic heterocycles. The van der Waals surface area contributed by atoms with Crippen LogP contribution in [-0.2, 0) is 4.79 Å². The first-order chi connectivity index (χ1) is 10.3. The summed E-state index contributed by atoms with van der Waals surface area (Å²) in [5.41, 5.74) is 0.782. The normalized spacial score (nSPS) is 51.2. The zero-order valence-electron chi connectivity index (χ0n) is 14.9. The van der Waals surface area contributed by atoms with Gasteiger partial charge >= 0.3 is 0 Å². The van der Waals surface area contributed by atoms with Crippen molar-refractivity contribution in [2.75, 3.05) is 13.1 Å². The Kier molecular flexibility index (Phi) is 4.29. The van der Waals surface area contributed by atoms with E-state index in [9.17, 15) is 4.79 Å². The van der Waals surface area contributed by atoms with Crippen molar-refractivity contribution in [2.45, 2.75) is 71.8 Å². The summed E-state index contributed by atoms with van der Waals surface area (Å²) in [4.78, 5) is 13.3. The van der Waals surface area contributed by atoms with Crippen molar-refractivity contribution in [1.82, 2.24) is 10.6 Å². The second-order valence-electron chi connectivity index (χ2n) is 9.96. The minimum Gasteiger partial charge on any atom is -0.351 e. The molecule has 2 N–H and O–H groups in total. The molecule has 5 aliphatic rings. The van der Waals surface area contributed by atoms with E-state index in [0.29, 0.717) is 28.7 Å². The molecule has 1 saturated heterocycles. The van der Waals surface area contributed by atoms with Crippen LogP contribution in [0.5, 0.6) is 0 Å². The van der Waals surface area contributed by atoms with Gasteiger partial charge in [-0.05, 0) is 74.2 Å². The molecule has 3 nitrogen and oxygen atoms in total. The summed E-state index contributed by atoms with van der Waals surface area (Å²) in [6, 6.07) is 0.329. The third-order valence-electron chi connectivity index (χ3n) is 7.25. The van der Waals surface area contributed by atoms with Crippen molar-refractivity contribution in [3.8, 4) is 0 Å². The molecular weight excluding hydrogens is 308 g/mol. The first kappa shape index (κ1) is 17.5. The Balaban J connectivity index is 0.00000156. The van der Waals surface area contributed by atoms with E-state index >= 15 is 0 Å². The van der Waals surface area contributed by atoms with E-state index in [1.807, 2.05) is 0 Å². The molecular formula is C19H33ClN2O. The Bertz CT molecular complexity index is 476. The van der Waals surface area contributed by atoms with Crippen molar-refractivity contribution in [1.29, 1.82) is 0 Å². The standard InChI is InChI=1S/C19H32N2O.ClH/c1-13-4-5-20-9-15(13)21-16(22)19-8-14-6-17(2,11-19)10-18(3,7-14)12-19;/h13-15,20H,4-12H2,1-3H3,(H,21,22);1H. The van der Waals surface area contributed by atoms with Gasteiger partial charge in [0.25, 0.3) is 0 Å². The average Bonchev–Trinajstić information content (AvgIpc) is 2.37. The Hall–Kier alpha value is -0.280. The minimum atomic E-state index is -0.0555. The van der Waals surface area contributed by atoms with Crippen molar-refractivity contribution in [3.05, 3.63) is 0 Å². The van der Waals surface area contributed by atoms with Crippen LogP contribution in [0.1, 0.15) is 65.7 Å². The van der Waals surface area contributed by atoms with Gasteiger partial charge in [0.2, 0.25) is 5.91 Å². The molecule has 0 aromatic carbocycles. The second kappa shape index (κ2) is 5.62. The van der Waals surface area contributed by atoms with E-state index in [1.54, 1.807) is 0 Å². The predicted octanol–water partition coefficient (Wildman–Crippen LogP) is 3.52. The molecule has 4 unspecified atom stereocenters. The van der Waals surface area contributed by atoms with Crippen molar-refractivity contribution >= 4 is 18.3 Å². The summed E-state index contributed by atoms with van der Waals surface area (Å²) in [6.07, 6.45) is 8.65. The first-order valence-corrected chi connectivity index (χ1v) is 9.33. The highest BCUT2D eigenvalue weighted by molar-refractivity contribution is 5.85. The van der Waals surface area contributed by atoms with E-state index in [1.165, 1.54) is 25.7 Å². The van der Waals surface area contributed by atoms with Crippen LogP contribution in [0, 0.1) is 28.1 Å². The average molecular weight is 341 g/mol. The van der Waals surface area contributed by atoms with Gasteiger partial charge in [0.05, 0.1) is 5.41 Å². The lowest BCUT2D eigenvalue weighted by molar-refractivity contribution is -0.171. The molecule has 1 heterocycles. The first-order valence-electron chi connectivity index (χ1n) is 9.33. The van der Waals surface area contributed by atoms with Gasteiger partial charge in [-0.15, -0.1) is 12.4 Å². The van der Waals surface area contributed by atoms with Crippen LogP contribution >= 0.6 is 12.4 Å². The number of rotatable bonds is 2. The molecule has 4 aliphatic carbocycles. The molecule has 0 spiro atoms. The zero-order chi connectivity index (χ0) is 15.6. The lowest BCUT2D eigenvalue weighted by Crippen LogP contribution is -2.62. The summed E-state index contributed by atoms with van der Waals surface area (Å²) in [7, 11) is 0. The highest BCUT2D eigenvalue weighted by Gasteiger charge is 2.62. The van der Waals surface area contributed by atoms with Gasteiger partial charge in [-0.3, -0.25) is 4.79 Å². The second-order valence-corrected chi connectivity index (χ2v) is 9.96. The zero-order valence-corrected chi connectivity index (χ0v) is 15.7. The number of halogens is 1. The fourth-order valence-corrected chi connectivity index (χ4v) is 7.21. The monoisotopic (exact) mass is 340 g/mol. The molecule has 4 saturated carbocycles. The Labute approximate surface area is 147 Å². The van der Waals surface area contributed by atoms with E-state index < -0.39 is 0 Å². The lowest BCUT2D eigenvalue weighted by atomic mass is 9.40. The van der Waals surface area contributed by atoms with E-state index in [2.05, 4.69) is 31.4 Å². The van der Waals surface area contributed by atoms with Gasteiger partial charge in [-0.2, -0.15) is 0 Å². The fraction of sp³-hybridized carbons (Fsp3) is 0.947. The molecule has 4 heteroatoms. The number of hydrogen-bond donors (Lipinski definition) is 2. The summed E-state index contributed by atoms with van der Waals surface area (Å²) >= 11 is 0. The molecule has 1 amide bonds. The van der Waals surface area contributed by atoms with Gasteiger partial charge in [0.1, 0.15) is 0 Å². The quantitative estimate of drug-likeness (QED) is 0.807. The lowest BCUT2D eigenvalue weighted by Gasteiger charge is -2.64. The Morgan fingerprint density at radius 2 is 1.74 bits per heavy atom. The molecule has 5 rings (SSSR count). The molecule has 0 aromatic rings. The van der Waals surface area contributed by atoms with Gasteiger partial charge in [-0.25, -0.2) is 0 Å². The maximum atomic E-state index is 13.3. The fourth-order valence-electron chi connectivity index (χ4n) is 7.21. The molecule has 23 heavy (non-hydrogen) atoms. The number of amides is 1. The predicted molar refractivity (Wildman–Crippen MR) is 95.7 cm³/mol. The maximum Gasteiger partial charge on any atom is 0.226 e. The molecule has 4 atom stereocenters. The largest absolute Gasteiger partial charge is 0.351 e. The Morgan fingerprint density at radius 1 is 1.09 bits per heavy atom. The topological polar surface area (TPSA) is 41.1 Å². The highest BCUT2D eigenvalue weighted by Crippen LogP contribution is 2.69. The number of piperidine rings is 1. The van der Waals surface area contributed by atoms with Crippen LogP contribution in [0.25, 0.3) is 0 Å². The summed E-state index contributed by atoms with van der Waals surface area (Å²) < 4.78 is 0. The molecule has 0 aromatic heterocycles.